The van der Waals surface area contributed by atoms with Crippen LogP contribution >= 0.6 is 0 Å². The average molecular weight is 219 g/mol. The normalized spacial score (nSPS) is 23.2. The van der Waals surface area contributed by atoms with Crippen LogP contribution in [0.25, 0.3) is 0 Å². The Bertz CT molecular complexity index is 349. The second kappa shape index (κ2) is 4.83. The van der Waals surface area contributed by atoms with E-state index in [0.29, 0.717) is 0 Å². The highest BCUT2D eigenvalue weighted by molar-refractivity contribution is 5.48. The van der Waals surface area contributed by atoms with Crippen LogP contribution in [0.1, 0.15) is 38.3 Å². The van der Waals surface area contributed by atoms with Gasteiger partial charge in [0.25, 0.3) is 0 Å². The Morgan fingerprint density at radius 3 is 3.06 bits per heavy atom. The molecule has 1 unspecified atom stereocenters. The zero-order valence-electron chi connectivity index (χ0n) is 10.2. The summed E-state index contributed by atoms with van der Waals surface area (Å²) in [7, 11) is 0. The zero-order valence-corrected chi connectivity index (χ0v) is 10.2. The van der Waals surface area contributed by atoms with Gasteiger partial charge in [-0.15, -0.1) is 0 Å². The molecule has 2 atom stereocenters. The van der Waals surface area contributed by atoms with Crippen molar-refractivity contribution in [1.82, 2.24) is 4.98 Å². The van der Waals surface area contributed by atoms with Crippen LogP contribution in [0.15, 0.2) is 18.3 Å². The zero-order chi connectivity index (χ0) is 11.5. The van der Waals surface area contributed by atoms with E-state index in [-0.39, 0.29) is 6.04 Å². The van der Waals surface area contributed by atoms with E-state index >= 15 is 0 Å². The molecule has 1 aromatic heterocycles. The Morgan fingerprint density at radius 1 is 1.56 bits per heavy atom. The summed E-state index contributed by atoms with van der Waals surface area (Å²) in [5.74, 6) is 1.85. The molecule has 1 saturated heterocycles. The number of rotatable bonds is 2. The summed E-state index contributed by atoms with van der Waals surface area (Å²) >= 11 is 0. The summed E-state index contributed by atoms with van der Waals surface area (Å²) in [6.45, 7) is 6.55. The third kappa shape index (κ3) is 2.35. The van der Waals surface area contributed by atoms with Crippen LogP contribution in [0.2, 0.25) is 0 Å². The molecule has 1 aromatic rings. The lowest BCUT2D eigenvalue weighted by atomic mass is 9.99. The highest BCUT2D eigenvalue weighted by Gasteiger charge is 2.20. The van der Waals surface area contributed by atoms with E-state index in [0.717, 1.165) is 30.4 Å². The van der Waals surface area contributed by atoms with Crippen molar-refractivity contribution in [2.75, 3.05) is 18.0 Å². The molecule has 2 rings (SSSR count). The van der Waals surface area contributed by atoms with Gasteiger partial charge in [-0.2, -0.15) is 0 Å². The van der Waals surface area contributed by atoms with E-state index in [1.165, 1.54) is 12.8 Å². The molecule has 88 valence electrons. The molecule has 0 aliphatic carbocycles. The second-order valence-electron chi connectivity index (χ2n) is 4.90. The third-order valence-electron chi connectivity index (χ3n) is 3.26. The van der Waals surface area contributed by atoms with Gasteiger partial charge in [-0.05, 0) is 31.7 Å². The summed E-state index contributed by atoms with van der Waals surface area (Å²) in [4.78, 5) is 6.89. The smallest absolute Gasteiger partial charge is 0.133 e. The van der Waals surface area contributed by atoms with Gasteiger partial charge in [0.1, 0.15) is 5.82 Å². The Kier molecular flexibility index (Phi) is 3.44. The number of nitrogens with zero attached hydrogens (tertiary/aromatic N) is 2. The molecular formula is C13H21N3. The summed E-state index contributed by atoms with van der Waals surface area (Å²) in [5, 5.41) is 0. The fourth-order valence-electron chi connectivity index (χ4n) is 2.41. The van der Waals surface area contributed by atoms with Crippen molar-refractivity contribution >= 4 is 5.82 Å². The van der Waals surface area contributed by atoms with Crippen molar-refractivity contribution in [1.29, 1.82) is 0 Å². The van der Waals surface area contributed by atoms with Crippen molar-refractivity contribution in [2.45, 2.75) is 32.7 Å². The molecule has 2 heterocycles. The number of piperidine rings is 1. The van der Waals surface area contributed by atoms with Crippen molar-refractivity contribution in [2.24, 2.45) is 11.7 Å². The maximum atomic E-state index is 5.99. The molecule has 1 fully saturated rings. The Morgan fingerprint density at radius 2 is 2.38 bits per heavy atom. The van der Waals surface area contributed by atoms with E-state index < -0.39 is 0 Å². The SMILES string of the molecule is CC1CCCN(c2ncccc2[C@H](C)N)C1. The topological polar surface area (TPSA) is 42.2 Å². The number of hydrogen-bond acceptors (Lipinski definition) is 3. The Labute approximate surface area is 97.7 Å². The summed E-state index contributed by atoms with van der Waals surface area (Å²) in [6, 6.07) is 4.11. The van der Waals surface area contributed by atoms with Crippen LogP contribution in [0.3, 0.4) is 0 Å². The lowest BCUT2D eigenvalue weighted by Gasteiger charge is -2.33. The first kappa shape index (κ1) is 11.4. The van der Waals surface area contributed by atoms with Gasteiger partial charge >= 0.3 is 0 Å². The van der Waals surface area contributed by atoms with Crippen molar-refractivity contribution in [3.8, 4) is 0 Å². The molecule has 0 bridgehead atoms. The largest absolute Gasteiger partial charge is 0.356 e. The predicted molar refractivity (Wildman–Crippen MR) is 67.5 cm³/mol. The minimum absolute atomic E-state index is 0.0564. The van der Waals surface area contributed by atoms with E-state index in [1.807, 2.05) is 19.2 Å². The average Bonchev–Trinajstić information content (AvgIpc) is 2.29. The van der Waals surface area contributed by atoms with Crippen LogP contribution < -0.4 is 10.6 Å². The molecular weight excluding hydrogens is 198 g/mol. The van der Waals surface area contributed by atoms with Crippen LogP contribution in [0, 0.1) is 5.92 Å². The molecule has 0 amide bonds. The molecule has 0 aromatic carbocycles. The van der Waals surface area contributed by atoms with Gasteiger partial charge in [0.05, 0.1) is 0 Å². The lowest BCUT2D eigenvalue weighted by molar-refractivity contribution is 0.443. The van der Waals surface area contributed by atoms with Crippen LogP contribution in [0.4, 0.5) is 5.82 Å². The van der Waals surface area contributed by atoms with Gasteiger partial charge in [-0.3, -0.25) is 0 Å². The first-order chi connectivity index (χ1) is 7.68. The molecule has 3 heteroatoms. The fraction of sp³-hybridized carbons (Fsp3) is 0.615. The molecule has 2 N–H and O–H groups in total. The summed E-state index contributed by atoms with van der Waals surface area (Å²) < 4.78 is 0. The van der Waals surface area contributed by atoms with E-state index in [9.17, 15) is 0 Å². The van der Waals surface area contributed by atoms with Crippen molar-refractivity contribution in [3.63, 3.8) is 0 Å². The van der Waals surface area contributed by atoms with E-state index in [4.69, 9.17) is 5.73 Å². The van der Waals surface area contributed by atoms with Crippen LogP contribution in [-0.2, 0) is 0 Å². The van der Waals surface area contributed by atoms with Gasteiger partial charge < -0.3 is 10.6 Å². The molecule has 0 saturated carbocycles. The van der Waals surface area contributed by atoms with Gasteiger partial charge in [-0.1, -0.05) is 13.0 Å². The maximum Gasteiger partial charge on any atom is 0.133 e. The highest BCUT2D eigenvalue weighted by Crippen LogP contribution is 2.26. The second-order valence-corrected chi connectivity index (χ2v) is 4.90. The van der Waals surface area contributed by atoms with Crippen LogP contribution in [0.5, 0.6) is 0 Å². The molecule has 16 heavy (non-hydrogen) atoms. The number of pyridine rings is 1. The quantitative estimate of drug-likeness (QED) is 0.830. The number of anilines is 1. The van der Waals surface area contributed by atoms with Gasteiger partial charge in [0.15, 0.2) is 0 Å². The van der Waals surface area contributed by atoms with Crippen molar-refractivity contribution in [3.05, 3.63) is 23.9 Å². The molecule has 1 aliphatic heterocycles. The first-order valence-corrected chi connectivity index (χ1v) is 6.14. The Balaban J connectivity index is 2.25. The van der Waals surface area contributed by atoms with Gasteiger partial charge in [0, 0.05) is 30.9 Å². The lowest BCUT2D eigenvalue weighted by Crippen LogP contribution is -2.35. The minimum atomic E-state index is 0.0564. The minimum Gasteiger partial charge on any atom is -0.356 e. The molecule has 0 spiro atoms. The molecule has 0 radical (unpaired) electrons. The monoisotopic (exact) mass is 219 g/mol. The molecule has 3 nitrogen and oxygen atoms in total. The van der Waals surface area contributed by atoms with E-state index in [2.05, 4.69) is 22.9 Å². The Hall–Kier alpha value is -1.09. The number of hydrogen-bond donors (Lipinski definition) is 1. The maximum absolute atomic E-state index is 5.99. The first-order valence-electron chi connectivity index (χ1n) is 6.14. The van der Waals surface area contributed by atoms with Crippen LogP contribution in [-0.4, -0.2) is 18.1 Å². The van der Waals surface area contributed by atoms with Gasteiger partial charge in [0.2, 0.25) is 0 Å². The number of nitrogens with two attached hydrogens (primary N) is 1. The van der Waals surface area contributed by atoms with Crippen molar-refractivity contribution < 1.29 is 0 Å². The highest BCUT2D eigenvalue weighted by atomic mass is 15.2. The molecule has 1 aliphatic rings. The van der Waals surface area contributed by atoms with Gasteiger partial charge in [-0.25, -0.2) is 4.98 Å². The summed E-state index contributed by atoms with van der Waals surface area (Å²) in [5.41, 5.74) is 7.15. The summed E-state index contributed by atoms with van der Waals surface area (Å²) in [6.07, 6.45) is 4.45. The fourth-order valence-corrected chi connectivity index (χ4v) is 2.41. The number of aromatic nitrogens is 1. The third-order valence-corrected chi connectivity index (χ3v) is 3.26. The predicted octanol–water partition coefficient (Wildman–Crippen LogP) is 2.34. The van der Waals surface area contributed by atoms with E-state index in [1.54, 1.807) is 0 Å². The standard InChI is InChI=1S/C13H21N3/c1-10-5-4-8-16(9-10)13-12(11(2)14)6-3-7-15-13/h3,6-7,10-11H,4-5,8-9,14H2,1-2H3/t10?,11-/m0/s1.